The van der Waals surface area contributed by atoms with E-state index in [2.05, 4.69) is 32.7 Å². The van der Waals surface area contributed by atoms with Crippen molar-refractivity contribution in [2.75, 3.05) is 11.9 Å². The zero-order valence-electron chi connectivity index (χ0n) is 19.0. The molecule has 0 atom stereocenters. The summed E-state index contributed by atoms with van der Waals surface area (Å²) in [6, 6.07) is 6.80. The third kappa shape index (κ3) is 6.50. The van der Waals surface area contributed by atoms with E-state index in [1.54, 1.807) is 30.3 Å². The Labute approximate surface area is 193 Å². The fourth-order valence-corrected chi connectivity index (χ4v) is 4.11. The number of nitrogens with one attached hydrogen (secondary N) is 3. The van der Waals surface area contributed by atoms with Gasteiger partial charge in [0.25, 0.3) is 5.91 Å². The van der Waals surface area contributed by atoms with Crippen LogP contribution < -0.4 is 16.0 Å². The highest BCUT2D eigenvalue weighted by Crippen LogP contribution is 2.34. The van der Waals surface area contributed by atoms with E-state index in [0.29, 0.717) is 29.5 Å². The fraction of sp³-hybridized carbons (Fsp3) is 0.458. The van der Waals surface area contributed by atoms with Gasteiger partial charge in [-0.3, -0.25) is 14.4 Å². The minimum atomic E-state index is -0.621. The highest BCUT2D eigenvalue weighted by molar-refractivity contribution is 6.03. The van der Waals surface area contributed by atoms with Crippen molar-refractivity contribution in [2.24, 2.45) is 0 Å². The van der Waals surface area contributed by atoms with Crippen LogP contribution in [0.15, 0.2) is 41.4 Å². The normalized spacial score (nSPS) is 15.2. The summed E-state index contributed by atoms with van der Waals surface area (Å²) in [5, 5.41) is 12.7. The van der Waals surface area contributed by atoms with E-state index >= 15 is 0 Å². The summed E-state index contributed by atoms with van der Waals surface area (Å²) in [7, 11) is 0. The van der Waals surface area contributed by atoms with Crippen LogP contribution in [0.2, 0.25) is 0 Å². The van der Waals surface area contributed by atoms with Crippen LogP contribution in [0.5, 0.6) is 0 Å². The summed E-state index contributed by atoms with van der Waals surface area (Å²) in [5.74, 6) is 0.118. The molecule has 0 aliphatic heterocycles. The van der Waals surface area contributed by atoms with Gasteiger partial charge in [0.05, 0.1) is 11.3 Å². The lowest BCUT2D eigenvalue weighted by Gasteiger charge is -2.30. The van der Waals surface area contributed by atoms with Gasteiger partial charge >= 0.3 is 0 Å². The van der Waals surface area contributed by atoms with Gasteiger partial charge in [0.1, 0.15) is 5.54 Å². The first-order valence-corrected chi connectivity index (χ1v) is 11.3. The molecule has 2 aromatic rings. The van der Waals surface area contributed by atoms with E-state index in [9.17, 15) is 14.4 Å². The Hall–Kier alpha value is -3.49. The SMILES string of the molecule is C=CCNC(=O)c1ccccc1NC(=O)CCc1nc(C2(NC(C)=O)CCCCCC2)no1. The van der Waals surface area contributed by atoms with Gasteiger partial charge in [-0.15, -0.1) is 6.58 Å². The molecule has 3 amide bonds. The van der Waals surface area contributed by atoms with Crippen molar-refractivity contribution < 1.29 is 18.9 Å². The Morgan fingerprint density at radius 1 is 1.15 bits per heavy atom. The minimum Gasteiger partial charge on any atom is -0.349 e. The van der Waals surface area contributed by atoms with Gasteiger partial charge in [0.15, 0.2) is 5.82 Å². The van der Waals surface area contributed by atoms with Crippen molar-refractivity contribution in [2.45, 2.75) is 63.8 Å². The molecule has 0 radical (unpaired) electrons. The van der Waals surface area contributed by atoms with Crippen LogP contribution in [0.4, 0.5) is 5.69 Å². The molecule has 3 N–H and O–H groups in total. The monoisotopic (exact) mass is 453 g/mol. The zero-order chi connectivity index (χ0) is 23.7. The molecule has 1 aliphatic rings. The Bertz CT molecular complexity index is 992. The Morgan fingerprint density at radius 3 is 2.58 bits per heavy atom. The number of carbonyl (C=O) groups is 3. The molecule has 1 saturated carbocycles. The Kier molecular flexibility index (Phi) is 8.34. The average Bonchev–Trinajstić information content (AvgIpc) is 3.16. The number of para-hydroxylation sites is 1. The van der Waals surface area contributed by atoms with Gasteiger partial charge in [-0.2, -0.15) is 4.98 Å². The number of rotatable bonds is 9. The summed E-state index contributed by atoms with van der Waals surface area (Å²) in [5.41, 5.74) is 0.182. The van der Waals surface area contributed by atoms with Crippen molar-refractivity contribution in [3.63, 3.8) is 0 Å². The topological polar surface area (TPSA) is 126 Å². The van der Waals surface area contributed by atoms with Crippen LogP contribution in [0.1, 0.15) is 73.9 Å². The number of carbonyl (C=O) groups excluding carboxylic acids is 3. The summed E-state index contributed by atoms with van der Waals surface area (Å²) in [6.45, 7) is 5.41. The number of hydrogen-bond donors (Lipinski definition) is 3. The number of hydrogen-bond acceptors (Lipinski definition) is 6. The predicted molar refractivity (Wildman–Crippen MR) is 123 cm³/mol. The van der Waals surface area contributed by atoms with Crippen molar-refractivity contribution in [3.05, 3.63) is 54.2 Å². The van der Waals surface area contributed by atoms with Crippen LogP contribution in [0.3, 0.4) is 0 Å². The second-order valence-electron chi connectivity index (χ2n) is 8.28. The minimum absolute atomic E-state index is 0.109. The maximum absolute atomic E-state index is 12.5. The summed E-state index contributed by atoms with van der Waals surface area (Å²) < 4.78 is 5.41. The van der Waals surface area contributed by atoms with Gasteiger partial charge in [-0.1, -0.05) is 49.0 Å². The first-order valence-electron chi connectivity index (χ1n) is 11.3. The van der Waals surface area contributed by atoms with Crippen molar-refractivity contribution in [1.82, 2.24) is 20.8 Å². The second kappa shape index (κ2) is 11.4. The van der Waals surface area contributed by atoms with Gasteiger partial charge in [0.2, 0.25) is 17.7 Å². The summed E-state index contributed by atoms with van der Waals surface area (Å²) in [4.78, 5) is 41.2. The molecule has 9 heteroatoms. The van der Waals surface area contributed by atoms with E-state index in [1.165, 1.54) is 6.92 Å². The number of aromatic nitrogens is 2. The number of benzene rings is 1. The lowest BCUT2D eigenvalue weighted by atomic mass is 9.89. The van der Waals surface area contributed by atoms with E-state index in [0.717, 1.165) is 38.5 Å². The molecule has 3 rings (SSSR count). The Balaban J connectivity index is 1.63. The molecule has 0 spiro atoms. The van der Waals surface area contributed by atoms with Crippen LogP contribution >= 0.6 is 0 Å². The molecule has 33 heavy (non-hydrogen) atoms. The highest BCUT2D eigenvalue weighted by atomic mass is 16.5. The van der Waals surface area contributed by atoms with E-state index in [-0.39, 0.29) is 30.6 Å². The van der Waals surface area contributed by atoms with Crippen LogP contribution in [-0.4, -0.2) is 34.4 Å². The first kappa shape index (κ1) is 24.2. The van der Waals surface area contributed by atoms with E-state index < -0.39 is 5.54 Å². The van der Waals surface area contributed by atoms with Gasteiger partial charge in [0, 0.05) is 26.3 Å². The molecule has 0 saturated heterocycles. The number of aryl methyl sites for hydroxylation is 1. The standard InChI is InChI=1S/C24H31N5O4/c1-3-16-25-22(32)18-10-6-7-11-19(18)26-20(31)12-13-21-27-23(29-33-21)24(28-17(2)30)14-8-4-5-9-15-24/h3,6-7,10-11H,1,4-5,8-9,12-16H2,2H3,(H,25,32)(H,26,31)(H,28,30). The van der Waals surface area contributed by atoms with Crippen molar-refractivity contribution >= 4 is 23.4 Å². The zero-order valence-corrected chi connectivity index (χ0v) is 19.0. The number of nitrogens with zero attached hydrogens (tertiary/aromatic N) is 2. The van der Waals surface area contributed by atoms with Crippen LogP contribution in [0.25, 0.3) is 0 Å². The molecule has 9 nitrogen and oxygen atoms in total. The third-order valence-electron chi connectivity index (χ3n) is 5.69. The van der Waals surface area contributed by atoms with Gasteiger partial charge in [-0.25, -0.2) is 0 Å². The lowest BCUT2D eigenvalue weighted by Crippen LogP contribution is -2.45. The third-order valence-corrected chi connectivity index (χ3v) is 5.69. The van der Waals surface area contributed by atoms with Crippen LogP contribution in [0, 0.1) is 0 Å². The van der Waals surface area contributed by atoms with Crippen molar-refractivity contribution in [3.8, 4) is 0 Å². The molecule has 1 aliphatic carbocycles. The molecular formula is C24H31N5O4. The van der Waals surface area contributed by atoms with E-state index in [4.69, 9.17) is 4.52 Å². The molecule has 1 fully saturated rings. The maximum atomic E-state index is 12.5. The Morgan fingerprint density at radius 2 is 1.88 bits per heavy atom. The quantitative estimate of drug-likeness (QED) is 0.395. The number of anilines is 1. The van der Waals surface area contributed by atoms with Gasteiger partial charge < -0.3 is 20.5 Å². The molecule has 1 aromatic heterocycles. The molecule has 0 unspecified atom stereocenters. The molecule has 0 bridgehead atoms. The largest absolute Gasteiger partial charge is 0.349 e. The first-order chi connectivity index (χ1) is 15.9. The maximum Gasteiger partial charge on any atom is 0.253 e. The summed E-state index contributed by atoms with van der Waals surface area (Å²) in [6.07, 6.45) is 7.64. The highest BCUT2D eigenvalue weighted by Gasteiger charge is 2.38. The second-order valence-corrected chi connectivity index (χ2v) is 8.28. The molecule has 1 aromatic carbocycles. The van der Waals surface area contributed by atoms with E-state index in [1.807, 2.05) is 0 Å². The molecular weight excluding hydrogens is 422 g/mol. The predicted octanol–water partition coefficient (Wildman–Crippen LogP) is 3.24. The van der Waals surface area contributed by atoms with Crippen LogP contribution in [-0.2, 0) is 21.5 Å². The number of amides is 3. The molecule has 176 valence electrons. The lowest BCUT2D eigenvalue weighted by molar-refractivity contribution is -0.121. The average molecular weight is 454 g/mol. The van der Waals surface area contributed by atoms with Gasteiger partial charge in [-0.05, 0) is 25.0 Å². The molecule has 1 heterocycles. The summed E-state index contributed by atoms with van der Waals surface area (Å²) >= 11 is 0. The smallest absolute Gasteiger partial charge is 0.253 e. The van der Waals surface area contributed by atoms with Crippen molar-refractivity contribution in [1.29, 1.82) is 0 Å². The fourth-order valence-electron chi connectivity index (χ4n) is 4.11.